The maximum absolute atomic E-state index is 11.6. The molecule has 0 aromatic carbocycles. The van der Waals surface area contributed by atoms with Crippen LogP contribution in [-0.4, -0.2) is 17.4 Å². The summed E-state index contributed by atoms with van der Waals surface area (Å²) in [5.74, 6) is -0.211. The zero-order valence-corrected chi connectivity index (χ0v) is 8.23. The molecule has 76 valence electrons. The highest BCUT2D eigenvalue weighted by Gasteiger charge is 2.43. The lowest BCUT2D eigenvalue weighted by Crippen LogP contribution is -2.30. The fraction of sp³-hybridized carbons (Fsp3) is 0.364. The molecule has 2 rings (SSSR count). The molecule has 1 N–H and O–H groups in total. The summed E-state index contributed by atoms with van der Waals surface area (Å²) in [7, 11) is 0. The molecule has 4 heteroatoms. The number of hydrogen-bond donors (Lipinski definition) is 1. The summed E-state index contributed by atoms with van der Waals surface area (Å²) in [5.41, 5.74) is 0.0935. The van der Waals surface area contributed by atoms with Crippen molar-refractivity contribution in [1.29, 1.82) is 5.26 Å². The fourth-order valence-corrected chi connectivity index (χ4v) is 1.32. The van der Waals surface area contributed by atoms with Gasteiger partial charge in [-0.15, -0.1) is 0 Å². The van der Waals surface area contributed by atoms with Gasteiger partial charge in [0.15, 0.2) is 0 Å². The molecule has 0 spiro atoms. The van der Waals surface area contributed by atoms with Gasteiger partial charge in [-0.2, -0.15) is 5.26 Å². The van der Waals surface area contributed by atoms with Gasteiger partial charge in [-0.3, -0.25) is 9.78 Å². The van der Waals surface area contributed by atoms with Crippen molar-refractivity contribution in [2.24, 2.45) is 5.41 Å². The molecule has 0 atom stereocenters. The van der Waals surface area contributed by atoms with Crippen LogP contribution in [0.15, 0.2) is 24.4 Å². The molecule has 1 amide bonds. The Balaban J connectivity index is 1.92. The van der Waals surface area contributed by atoms with Crippen molar-refractivity contribution in [3.8, 4) is 6.07 Å². The molecule has 0 aliphatic heterocycles. The standard InChI is InChI=1S/C11H11N3O/c12-7-11(4-5-11)8-14-10(15)9-3-1-2-6-13-9/h1-3,6H,4-5,8H2,(H,14,15). The molecular formula is C11H11N3O. The maximum atomic E-state index is 11.6. The zero-order valence-electron chi connectivity index (χ0n) is 8.23. The molecule has 4 nitrogen and oxygen atoms in total. The van der Waals surface area contributed by atoms with Gasteiger partial charge < -0.3 is 5.32 Å². The summed E-state index contributed by atoms with van der Waals surface area (Å²) in [6.07, 6.45) is 3.34. The molecule has 0 saturated heterocycles. The predicted octanol–water partition coefficient (Wildman–Crippen LogP) is 1.12. The number of carbonyl (C=O) groups is 1. The first-order valence-corrected chi connectivity index (χ1v) is 4.86. The fourth-order valence-electron chi connectivity index (χ4n) is 1.32. The molecule has 1 heterocycles. The number of carbonyl (C=O) groups excluding carboxylic acids is 1. The lowest BCUT2D eigenvalue weighted by atomic mass is 10.1. The van der Waals surface area contributed by atoms with E-state index in [0.29, 0.717) is 12.2 Å². The highest BCUT2D eigenvalue weighted by Crippen LogP contribution is 2.43. The quantitative estimate of drug-likeness (QED) is 0.796. The van der Waals surface area contributed by atoms with Gasteiger partial charge >= 0.3 is 0 Å². The lowest BCUT2D eigenvalue weighted by molar-refractivity contribution is 0.0943. The van der Waals surface area contributed by atoms with Crippen molar-refractivity contribution in [3.63, 3.8) is 0 Å². The van der Waals surface area contributed by atoms with Gasteiger partial charge in [0.25, 0.3) is 5.91 Å². The van der Waals surface area contributed by atoms with Crippen LogP contribution in [0.1, 0.15) is 23.3 Å². The van der Waals surface area contributed by atoms with Gasteiger partial charge in [0.1, 0.15) is 5.69 Å². The Morgan fingerprint density at radius 1 is 1.60 bits per heavy atom. The van der Waals surface area contributed by atoms with Crippen LogP contribution in [0.4, 0.5) is 0 Å². The molecule has 0 unspecified atom stereocenters. The number of hydrogen-bond acceptors (Lipinski definition) is 3. The van der Waals surface area contributed by atoms with Crippen LogP contribution < -0.4 is 5.32 Å². The number of amides is 1. The van der Waals surface area contributed by atoms with Crippen LogP contribution in [-0.2, 0) is 0 Å². The molecule has 0 radical (unpaired) electrons. The third-order valence-electron chi connectivity index (χ3n) is 2.58. The Labute approximate surface area is 87.9 Å². The number of nitrogens with one attached hydrogen (secondary N) is 1. The highest BCUT2D eigenvalue weighted by atomic mass is 16.1. The van der Waals surface area contributed by atoms with Crippen LogP contribution in [0.5, 0.6) is 0 Å². The summed E-state index contributed by atoms with van der Waals surface area (Å²) in [5, 5.41) is 11.6. The Kier molecular flexibility index (Phi) is 2.38. The Bertz CT molecular complexity index is 404. The Morgan fingerprint density at radius 3 is 2.93 bits per heavy atom. The van der Waals surface area contributed by atoms with E-state index in [4.69, 9.17) is 5.26 Å². The number of nitriles is 1. The van der Waals surface area contributed by atoms with Crippen LogP contribution in [0, 0.1) is 16.7 Å². The molecule has 1 saturated carbocycles. The molecular weight excluding hydrogens is 190 g/mol. The summed E-state index contributed by atoms with van der Waals surface area (Å²) in [6, 6.07) is 7.40. The number of aromatic nitrogens is 1. The summed E-state index contributed by atoms with van der Waals surface area (Å²) in [4.78, 5) is 15.5. The second-order valence-corrected chi connectivity index (χ2v) is 3.79. The second kappa shape index (κ2) is 3.70. The van der Waals surface area contributed by atoms with Crippen molar-refractivity contribution >= 4 is 5.91 Å². The number of rotatable bonds is 3. The van der Waals surface area contributed by atoms with E-state index in [2.05, 4.69) is 16.4 Å². The van der Waals surface area contributed by atoms with E-state index in [1.54, 1.807) is 24.4 Å². The van der Waals surface area contributed by atoms with Crippen LogP contribution in [0.25, 0.3) is 0 Å². The van der Waals surface area contributed by atoms with Gasteiger partial charge in [0.05, 0.1) is 11.5 Å². The van der Waals surface area contributed by atoms with Gasteiger partial charge in [-0.05, 0) is 25.0 Å². The molecule has 1 aromatic rings. The van der Waals surface area contributed by atoms with Crippen LogP contribution in [0.2, 0.25) is 0 Å². The summed E-state index contributed by atoms with van der Waals surface area (Å²) >= 11 is 0. The predicted molar refractivity (Wildman–Crippen MR) is 53.9 cm³/mol. The molecule has 1 aliphatic carbocycles. The monoisotopic (exact) mass is 201 g/mol. The third kappa shape index (κ3) is 2.13. The zero-order chi connectivity index (χ0) is 10.7. The van der Waals surface area contributed by atoms with E-state index in [1.165, 1.54) is 0 Å². The van der Waals surface area contributed by atoms with Gasteiger partial charge in [-0.25, -0.2) is 0 Å². The van der Waals surface area contributed by atoms with E-state index < -0.39 is 0 Å². The van der Waals surface area contributed by atoms with Gasteiger partial charge in [0.2, 0.25) is 0 Å². The van der Waals surface area contributed by atoms with Gasteiger partial charge in [0, 0.05) is 12.7 Å². The Hall–Kier alpha value is -1.89. The van der Waals surface area contributed by atoms with Crippen molar-refractivity contribution in [2.75, 3.05) is 6.54 Å². The van der Waals surface area contributed by atoms with Crippen molar-refractivity contribution in [1.82, 2.24) is 10.3 Å². The minimum absolute atomic E-state index is 0.211. The molecule has 1 aliphatic rings. The number of pyridine rings is 1. The smallest absolute Gasteiger partial charge is 0.269 e. The van der Waals surface area contributed by atoms with E-state index in [1.807, 2.05) is 0 Å². The minimum atomic E-state index is -0.301. The van der Waals surface area contributed by atoms with Gasteiger partial charge in [-0.1, -0.05) is 6.07 Å². The number of nitrogens with zero attached hydrogens (tertiary/aromatic N) is 2. The minimum Gasteiger partial charge on any atom is -0.349 e. The summed E-state index contributed by atoms with van der Waals surface area (Å²) in [6.45, 7) is 0.429. The molecule has 1 aromatic heterocycles. The molecule has 0 bridgehead atoms. The molecule has 1 fully saturated rings. The largest absolute Gasteiger partial charge is 0.349 e. The lowest BCUT2D eigenvalue weighted by Gasteiger charge is -2.07. The topological polar surface area (TPSA) is 65.8 Å². The maximum Gasteiger partial charge on any atom is 0.269 e. The van der Waals surface area contributed by atoms with Crippen LogP contribution in [0.3, 0.4) is 0 Å². The van der Waals surface area contributed by atoms with E-state index in [-0.39, 0.29) is 11.3 Å². The molecule has 15 heavy (non-hydrogen) atoms. The van der Waals surface area contributed by atoms with Crippen molar-refractivity contribution < 1.29 is 4.79 Å². The normalized spacial score (nSPS) is 16.5. The first-order valence-electron chi connectivity index (χ1n) is 4.86. The SMILES string of the molecule is N#CC1(CNC(=O)c2ccccn2)CC1. The first kappa shape index (κ1) is 9.66. The average Bonchev–Trinajstić information content (AvgIpc) is 3.08. The first-order chi connectivity index (χ1) is 7.26. The highest BCUT2D eigenvalue weighted by molar-refractivity contribution is 5.92. The van der Waals surface area contributed by atoms with E-state index in [9.17, 15) is 4.79 Å². The van der Waals surface area contributed by atoms with Crippen molar-refractivity contribution in [2.45, 2.75) is 12.8 Å². The van der Waals surface area contributed by atoms with Crippen molar-refractivity contribution in [3.05, 3.63) is 30.1 Å². The van der Waals surface area contributed by atoms with E-state index in [0.717, 1.165) is 12.8 Å². The Morgan fingerprint density at radius 2 is 2.40 bits per heavy atom. The third-order valence-corrected chi connectivity index (χ3v) is 2.58. The van der Waals surface area contributed by atoms with E-state index >= 15 is 0 Å². The van der Waals surface area contributed by atoms with Crippen LogP contribution >= 0.6 is 0 Å². The average molecular weight is 201 g/mol. The summed E-state index contributed by atoms with van der Waals surface area (Å²) < 4.78 is 0. The second-order valence-electron chi connectivity index (χ2n) is 3.79.